The Morgan fingerprint density at radius 3 is 2.76 bits per heavy atom. The third-order valence-corrected chi connectivity index (χ3v) is 2.73. The Kier molecular flexibility index (Phi) is 4.97. The number of rotatable bonds is 5. The van der Waals surface area contributed by atoms with Gasteiger partial charge < -0.3 is 15.8 Å². The molecule has 94 valence electrons. The standard InChI is InChI=1S/C13H20N2O2/c1-4-10-5-6-12(17-3)11(7-10)9(2)15-13(16)8-14/h5-7,9H,4,8,14H2,1-3H3,(H,15,16). The summed E-state index contributed by atoms with van der Waals surface area (Å²) >= 11 is 0. The maximum Gasteiger partial charge on any atom is 0.234 e. The number of amides is 1. The summed E-state index contributed by atoms with van der Waals surface area (Å²) < 4.78 is 5.30. The average Bonchev–Trinajstić information content (AvgIpc) is 2.37. The summed E-state index contributed by atoms with van der Waals surface area (Å²) in [7, 11) is 1.63. The van der Waals surface area contributed by atoms with Gasteiger partial charge in [-0.2, -0.15) is 0 Å². The van der Waals surface area contributed by atoms with Crippen LogP contribution in [0.3, 0.4) is 0 Å². The monoisotopic (exact) mass is 236 g/mol. The molecule has 0 aromatic heterocycles. The lowest BCUT2D eigenvalue weighted by atomic mass is 10.0. The van der Waals surface area contributed by atoms with Gasteiger partial charge in [0.25, 0.3) is 0 Å². The topological polar surface area (TPSA) is 64.3 Å². The van der Waals surface area contributed by atoms with Gasteiger partial charge >= 0.3 is 0 Å². The number of ether oxygens (including phenoxy) is 1. The van der Waals surface area contributed by atoms with Crippen LogP contribution < -0.4 is 15.8 Å². The van der Waals surface area contributed by atoms with Crippen molar-refractivity contribution in [3.63, 3.8) is 0 Å². The van der Waals surface area contributed by atoms with Gasteiger partial charge in [0.1, 0.15) is 5.75 Å². The van der Waals surface area contributed by atoms with Crippen molar-refractivity contribution in [2.45, 2.75) is 26.3 Å². The molecule has 1 unspecified atom stereocenters. The SMILES string of the molecule is CCc1ccc(OC)c(C(C)NC(=O)CN)c1. The van der Waals surface area contributed by atoms with Crippen molar-refractivity contribution in [2.75, 3.05) is 13.7 Å². The third kappa shape index (κ3) is 3.46. The zero-order chi connectivity index (χ0) is 12.8. The van der Waals surface area contributed by atoms with Gasteiger partial charge in [0, 0.05) is 5.56 Å². The maximum absolute atomic E-state index is 11.3. The number of hydrogen-bond donors (Lipinski definition) is 2. The number of nitrogens with one attached hydrogen (secondary N) is 1. The van der Waals surface area contributed by atoms with Crippen LogP contribution in [0.1, 0.15) is 31.0 Å². The van der Waals surface area contributed by atoms with Crippen LogP contribution in [0.2, 0.25) is 0 Å². The van der Waals surface area contributed by atoms with Crippen LogP contribution in [0, 0.1) is 0 Å². The largest absolute Gasteiger partial charge is 0.496 e. The minimum absolute atomic E-state index is 0.000123. The Morgan fingerprint density at radius 1 is 1.53 bits per heavy atom. The molecule has 0 spiro atoms. The number of carbonyl (C=O) groups is 1. The van der Waals surface area contributed by atoms with E-state index >= 15 is 0 Å². The predicted molar refractivity (Wildman–Crippen MR) is 68.0 cm³/mol. The third-order valence-electron chi connectivity index (χ3n) is 2.73. The normalized spacial score (nSPS) is 12.0. The van der Waals surface area contributed by atoms with Crippen LogP contribution in [0.25, 0.3) is 0 Å². The van der Waals surface area contributed by atoms with Crippen LogP contribution >= 0.6 is 0 Å². The van der Waals surface area contributed by atoms with E-state index in [1.165, 1.54) is 5.56 Å². The van der Waals surface area contributed by atoms with Gasteiger partial charge in [0.05, 0.1) is 19.7 Å². The summed E-state index contributed by atoms with van der Waals surface area (Å²) in [5.41, 5.74) is 7.48. The van der Waals surface area contributed by atoms with E-state index in [1.807, 2.05) is 19.1 Å². The molecular formula is C13H20N2O2. The molecule has 1 aromatic rings. The highest BCUT2D eigenvalue weighted by atomic mass is 16.5. The summed E-state index contributed by atoms with van der Waals surface area (Å²) in [4.78, 5) is 11.3. The first-order chi connectivity index (χ1) is 8.12. The van der Waals surface area contributed by atoms with E-state index in [2.05, 4.69) is 18.3 Å². The number of methoxy groups -OCH3 is 1. The first-order valence-electron chi connectivity index (χ1n) is 5.78. The molecule has 0 radical (unpaired) electrons. The van der Waals surface area contributed by atoms with E-state index in [4.69, 9.17) is 10.5 Å². The van der Waals surface area contributed by atoms with Crippen molar-refractivity contribution < 1.29 is 9.53 Å². The van der Waals surface area contributed by atoms with Crippen molar-refractivity contribution in [3.8, 4) is 5.75 Å². The molecule has 0 fully saturated rings. The van der Waals surface area contributed by atoms with Gasteiger partial charge in [-0.3, -0.25) is 4.79 Å². The Bertz CT molecular complexity index is 391. The van der Waals surface area contributed by atoms with Crippen LogP contribution in [0.4, 0.5) is 0 Å². The number of hydrogen-bond acceptors (Lipinski definition) is 3. The van der Waals surface area contributed by atoms with Gasteiger partial charge in [0.2, 0.25) is 5.91 Å². The Labute approximate surface area is 102 Å². The second-order valence-electron chi connectivity index (χ2n) is 3.92. The molecule has 0 bridgehead atoms. The lowest BCUT2D eigenvalue weighted by Crippen LogP contribution is -2.32. The smallest absolute Gasteiger partial charge is 0.234 e. The van der Waals surface area contributed by atoms with Crippen molar-refractivity contribution in [2.24, 2.45) is 5.73 Å². The van der Waals surface area contributed by atoms with E-state index in [0.717, 1.165) is 17.7 Å². The van der Waals surface area contributed by atoms with E-state index in [1.54, 1.807) is 7.11 Å². The molecule has 0 aliphatic rings. The minimum atomic E-state index is -0.165. The van der Waals surface area contributed by atoms with Gasteiger partial charge in [-0.15, -0.1) is 0 Å². The molecule has 0 saturated carbocycles. The van der Waals surface area contributed by atoms with E-state index < -0.39 is 0 Å². The minimum Gasteiger partial charge on any atom is -0.496 e. The van der Waals surface area contributed by atoms with Crippen molar-refractivity contribution in [1.82, 2.24) is 5.32 Å². The van der Waals surface area contributed by atoms with Crippen LogP contribution in [0.15, 0.2) is 18.2 Å². The molecule has 0 aliphatic carbocycles. The van der Waals surface area contributed by atoms with Gasteiger partial charge in [-0.25, -0.2) is 0 Å². The fraction of sp³-hybridized carbons (Fsp3) is 0.462. The molecule has 17 heavy (non-hydrogen) atoms. The van der Waals surface area contributed by atoms with Gasteiger partial charge in [-0.05, 0) is 25.0 Å². The van der Waals surface area contributed by atoms with E-state index in [9.17, 15) is 4.79 Å². The van der Waals surface area contributed by atoms with Crippen LogP contribution in [-0.4, -0.2) is 19.6 Å². The van der Waals surface area contributed by atoms with Crippen molar-refractivity contribution in [1.29, 1.82) is 0 Å². The highest BCUT2D eigenvalue weighted by molar-refractivity contribution is 5.78. The molecule has 0 heterocycles. The summed E-state index contributed by atoms with van der Waals surface area (Å²) in [6, 6.07) is 5.91. The molecule has 1 rings (SSSR count). The molecule has 3 N–H and O–H groups in total. The number of aryl methyl sites for hydroxylation is 1. The molecule has 4 nitrogen and oxygen atoms in total. The molecule has 0 aliphatic heterocycles. The predicted octanol–water partition coefficient (Wildman–Crippen LogP) is 1.39. The summed E-state index contributed by atoms with van der Waals surface area (Å²) in [6.45, 7) is 4.01. The summed E-state index contributed by atoms with van der Waals surface area (Å²) in [5, 5.41) is 2.83. The van der Waals surface area contributed by atoms with Crippen LogP contribution in [0.5, 0.6) is 5.75 Å². The molecule has 1 atom stereocenters. The second kappa shape index (κ2) is 6.25. The number of nitrogens with two attached hydrogens (primary N) is 1. The number of carbonyl (C=O) groups excluding carboxylic acids is 1. The van der Waals surface area contributed by atoms with Crippen molar-refractivity contribution >= 4 is 5.91 Å². The molecule has 4 heteroatoms. The average molecular weight is 236 g/mol. The van der Waals surface area contributed by atoms with Gasteiger partial charge in [-0.1, -0.05) is 19.1 Å². The molecular weight excluding hydrogens is 216 g/mol. The fourth-order valence-corrected chi connectivity index (χ4v) is 1.72. The summed E-state index contributed by atoms with van der Waals surface area (Å²) in [6.07, 6.45) is 0.953. The number of benzene rings is 1. The fourth-order valence-electron chi connectivity index (χ4n) is 1.72. The first kappa shape index (κ1) is 13.5. The Morgan fingerprint density at radius 2 is 2.24 bits per heavy atom. The lowest BCUT2D eigenvalue weighted by Gasteiger charge is -2.18. The molecule has 0 saturated heterocycles. The zero-order valence-electron chi connectivity index (χ0n) is 10.6. The van der Waals surface area contributed by atoms with E-state index in [0.29, 0.717) is 0 Å². The quantitative estimate of drug-likeness (QED) is 0.812. The summed E-state index contributed by atoms with van der Waals surface area (Å²) in [5.74, 6) is 0.619. The first-order valence-corrected chi connectivity index (χ1v) is 5.78. The van der Waals surface area contributed by atoms with E-state index in [-0.39, 0.29) is 18.5 Å². The zero-order valence-corrected chi connectivity index (χ0v) is 10.6. The lowest BCUT2D eigenvalue weighted by molar-refractivity contribution is -0.120. The Balaban J connectivity index is 2.96. The van der Waals surface area contributed by atoms with Crippen molar-refractivity contribution in [3.05, 3.63) is 29.3 Å². The second-order valence-corrected chi connectivity index (χ2v) is 3.92. The van der Waals surface area contributed by atoms with Crippen LogP contribution in [-0.2, 0) is 11.2 Å². The maximum atomic E-state index is 11.3. The molecule has 1 amide bonds. The van der Waals surface area contributed by atoms with Gasteiger partial charge in [0.15, 0.2) is 0 Å². The highest BCUT2D eigenvalue weighted by Gasteiger charge is 2.13. The Hall–Kier alpha value is -1.55. The highest BCUT2D eigenvalue weighted by Crippen LogP contribution is 2.26. The molecule has 1 aromatic carbocycles.